The van der Waals surface area contributed by atoms with Crippen molar-refractivity contribution < 1.29 is 19.1 Å². The van der Waals surface area contributed by atoms with E-state index in [0.29, 0.717) is 16.3 Å². The van der Waals surface area contributed by atoms with Crippen LogP contribution in [0.15, 0.2) is 79.3 Å². The largest absolute Gasteiger partial charge is 0.465 e. The summed E-state index contributed by atoms with van der Waals surface area (Å²) in [5.74, 6) is -1.31. The summed E-state index contributed by atoms with van der Waals surface area (Å²) in [6.07, 6.45) is 5.81. The number of halogens is 1. The Bertz CT molecular complexity index is 1440. The minimum Gasteiger partial charge on any atom is -0.465 e. The number of esters is 1. The van der Waals surface area contributed by atoms with E-state index in [2.05, 4.69) is 35.9 Å². The fraction of sp³-hybridized carbons (Fsp3) is 0.115. The zero-order valence-corrected chi connectivity index (χ0v) is 20.9. The third-order valence-electron chi connectivity index (χ3n) is 5.35. The molecule has 4 rings (SSSR count). The SMILES string of the molecule is COC(=O)c1ccc(NC(=O)C(Cc2ccccc2)NC(=O)C=Cc2cc(Cl)ccc2-n2cnnn2)nc1. The molecule has 192 valence electrons. The van der Waals surface area contributed by atoms with Crippen LogP contribution in [0.2, 0.25) is 5.02 Å². The Hall–Kier alpha value is -4.90. The molecule has 0 radical (unpaired) electrons. The van der Waals surface area contributed by atoms with E-state index < -0.39 is 23.8 Å². The van der Waals surface area contributed by atoms with E-state index >= 15 is 0 Å². The summed E-state index contributed by atoms with van der Waals surface area (Å²) in [4.78, 5) is 41.7. The molecule has 1 unspecified atom stereocenters. The summed E-state index contributed by atoms with van der Waals surface area (Å²) in [6.45, 7) is 0. The number of nitrogens with one attached hydrogen (secondary N) is 2. The lowest BCUT2D eigenvalue weighted by Crippen LogP contribution is -2.44. The molecule has 38 heavy (non-hydrogen) atoms. The number of rotatable bonds is 9. The van der Waals surface area contributed by atoms with Crippen molar-refractivity contribution in [3.8, 4) is 5.69 Å². The molecule has 0 bridgehead atoms. The van der Waals surface area contributed by atoms with Gasteiger partial charge in [-0.2, -0.15) is 4.68 Å². The van der Waals surface area contributed by atoms with Crippen LogP contribution in [0.25, 0.3) is 11.8 Å². The molecule has 0 fully saturated rings. The van der Waals surface area contributed by atoms with E-state index in [1.54, 1.807) is 24.3 Å². The highest BCUT2D eigenvalue weighted by molar-refractivity contribution is 6.30. The van der Waals surface area contributed by atoms with E-state index in [1.165, 1.54) is 42.5 Å². The number of carbonyl (C=O) groups excluding carboxylic acids is 3. The highest BCUT2D eigenvalue weighted by Gasteiger charge is 2.21. The average molecular weight is 532 g/mol. The van der Waals surface area contributed by atoms with Crippen LogP contribution in [0.4, 0.5) is 5.82 Å². The van der Waals surface area contributed by atoms with Gasteiger partial charge in [0.15, 0.2) is 0 Å². The van der Waals surface area contributed by atoms with Crippen LogP contribution >= 0.6 is 11.6 Å². The van der Waals surface area contributed by atoms with Gasteiger partial charge in [0.2, 0.25) is 11.8 Å². The topological polar surface area (TPSA) is 141 Å². The maximum absolute atomic E-state index is 13.1. The number of anilines is 1. The molecule has 0 saturated carbocycles. The van der Waals surface area contributed by atoms with Gasteiger partial charge in [0.25, 0.3) is 0 Å². The average Bonchev–Trinajstić information content (AvgIpc) is 3.47. The molecular formula is C26H22ClN7O4. The van der Waals surface area contributed by atoms with Crippen molar-refractivity contribution in [2.24, 2.45) is 0 Å². The number of tetrazole rings is 1. The Morgan fingerprint density at radius 3 is 2.61 bits per heavy atom. The molecule has 2 amide bonds. The van der Waals surface area contributed by atoms with Gasteiger partial charge in [-0.3, -0.25) is 9.59 Å². The zero-order chi connectivity index (χ0) is 26.9. The Labute approximate surface area is 222 Å². The van der Waals surface area contributed by atoms with Crippen LogP contribution < -0.4 is 10.6 Å². The van der Waals surface area contributed by atoms with Gasteiger partial charge in [0.1, 0.15) is 18.2 Å². The summed E-state index contributed by atoms with van der Waals surface area (Å²) in [6, 6.07) is 16.4. The predicted octanol–water partition coefficient (Wildman–Crippen LogP) is 2.88. The van der Waals surface area contributed by atoms with E-state index in [4.69, 9.17) is 11.6 Å². The zero-order valence-electron chi connectivity index (χ0n) is 20.1. The molecule has 0 spiro atoms. The molecule has 2 aromatic carbocycles. The molecule has 2 heterocycles. The lowest BCUT2D eigenvalue weighted by molar-refractivity contribution is -0.123. The van der Waals surface area contributed by atoms with Gasteiger partial charge in [-0.15, -0.1) is 5.10 Å². The van der Waals surface area contributed by atoms with Crippen molar-refractivity contribution in [2.45, 2.75) is 12.5 Å². The quantitative estimate of drug-likeness (QED) is 0.248. The van der Waals surface area contributed by atoms with Crippen LogP contribution in [0.3, 0.4) is 0 Å². The molecule has 0 aliphatic rings. The van der Waals surface area contributed by atoms with Gasteiger partial charge in [-0.05, 0) is 52.4 Å². The van der Waals surface area contributed by atoms with Gasteiger partial charge < -0.3 is 15.4 Å². The number of ether oxygens (including phenoxy) is 1. The summed E-state index contributed by atoms with van der Waals surface area (Å²) < 4.78 is 6.10. The number of methoxy groups -OCH3 is 1. The standard InChI is InChI=1S/C26H22ClN7O4/c1-38-26(37)19-7-11-23(28-15-19)31-25(36)21(13-17-5-3-2-4-6-17)30-24(35)12-8-18-14-20(27)9-10-22(18)34-16-29-32-33-34/h2-12,14-16,21H,13H2,1H3,(H,30,35)(H,28,31,36). The van der Waals surface area contributed by atoms with Crippen LogP contribution in [-0.2, 0) is 20.7 Å². The first-order chi connectivity index (χ1) is 18.4. The first kappa shape index (κ1) is 26.2. The molecule has 1 atom stereocenters. The van der Waals surface area contributed by atoms with Crippen molar-refractivity contribution in [1.82, 2.24) is 30.5 Å². The molecule has 0 aliphatic carbocycles. The van der Waals surface area contributed by atoms with Crippen LogP contribution in [0.5, 0.6) is 0 Å². The summed E-state index contributed by atoms with van der Waals surface area (Å²) in [5, 5.41) is 17.0. The first-order valence-electron chi connectivity index (χ1n) is 11.3. The van der Waals surface area contributed by atoms with Crippen LogP contribution in [0, 0.1) is 0 Å². The Morgan fingerprint density at radius 1 is 1.11 bits per heavy atom. The molecule has 12 heteroatoms. The molecule has 2 aromatic heterocycles. The second-order valence-corrected chi connectivity index (χ2v) is 8.39. The summed E-state index contributed by atoms with van der Waals surface area (Å²) >= 11 is 6.14. The second-order valence-electron chi connectivity index (χ2n) is 7.95. The van der Waals surface area contributed by atoms with Gasteiger partial charge in [-0.25, -0.2) is 9.78 Å². The lowest BCUT2D eigenvalue weighted by Gasteiger charge is -2.18. The molecule has 4 aromatic rings. The number of carbonyl (C=O) groups is 3. The number of pyridine rings is 1. The monoisotopic (exact) mass is 531 g/mol. The number of hydrogen-bond acceptors (Lipinski definition) is 8. The highest BCUT2D eigenvalue weighted by Crippen LogP contribution is 2.20. The highest BCUT2D eigenvalue weighted by atomic mass is 35.5. The molecular weight excluding hydrogens is 510 g/mol. The third kappa shape index (κ3) is 6.86. The van der Waals surface area contributed by atoms with E-state index in [9.17, 15) is 14.4 Å². The Morgan fingerprint density at radius 2 is 1.92 bits per heavy atom. The van der Waals surface area contributed by atoms with E-state index in [-0.39, 0.29) is 17.8 Å². The number of nitrogens with zero attached hydrogens (tertiary/aromatic N) is 5. The number of aromatic nitrogens is 5. The number of hydrogen-bond donors (Lipinski definition) is 2. The van der Waals surface area contributed by atoms with Crippen LogP contribution in [-0.4, -0.2) is 56.1 Å². The molecule has 0 saturated heterocycles. The van der Waals surface area contributed by atoms with Crippen molar-refractivity contribution >= 4 is 41.3 Å². The van der Waals surface area contributed by atoms with Gasteiger partial charge in [0.05, 0.1) is 18.4 Å². The molecule has 0 aliphatic heterocycles. The van der Waals surface area contributed by atoms with Crippen molar-refractivity contribution in [3.63, 3.8) is 0 Å². The summed E-state index contributed by atoms with van der Waals surface area (Å²) in [7, 11) is 1.27. The molecule has 11 nitrogen and oxygen atoms in total. The minimum absolute atomic E-state index is 0.218. The number of amides is 2. The normalized spacial score (nSPS) is 11.6. The summed E-state index contributed by atoms with van der Waals surface area (Å²) in [5.41, 5.74) is 2.30. The van der Waals surface area contributed by atoms with Gasteiger partial charge >= 0.3 is 5.97 Å². The van der Waals surface area contributed by atoms with Crippen molar-refractivity contribution in [2.75, 3.05) is 12.4 Å². The third-order valence-corrected chi connectivity index (χ3v) is 5.59. The first-order valence-corrected chi connectivity index (χ1v) is 11.7. The fourth-order valence-corrected chi connectivity index (χ4v) is 3.68. The maximum Gasteiger partial charge on any atom is 0.339 e. The minimum atomic E-state index is -0.921. The molecule has 2 N–H and O–H groups in total. The smallest absolute Gasteiger partial charge is 0.339 e. The maximum atomic E-state index is 13.1. The predicted molar refractivity (Wildman–Crippen MR) is 139 cm³/mol. The van der Waals surface area contributed by atoms with Crippen molar-refractivity contribution in [1.29, 1.82) is 0 Å². The fourth-order valence-electron chi connectivity index (χ4n) is 3.50. The number of benzene rings is 2. The second kappa shape index (κ2) is 12.4. The van der Waals surface area contributed by atoms with Crippen molar-refractivity contribution in [3.05, 3.63) is 101 Å². The lowest BCUT2D eigenvalue weighted by atomic mass is 10.0. The Kier molecular flexibility index (Phi) is 8.52. The van der Waals surface area contributed by atoms with E-state index in [0.717, 1.165) is 5.56 Å². The Balaban J connectivity index is 1.51. The van der Waals surface area contributed by atoms with E-state index in [1.807, 2.05) is 30.3 Å². The van der Waals surface area contributed by atoms with Crippen LogP contribution in [0.1, 0.15) is 21.5 Å². The van der Waals surface area contributed by atoms with Gasteiger partial charge in [-0.1, -0.05) is 41.9 Å². The van der Waals surface area contributed by atoms with Gasteiger partial charge in [0, 0.05) is 29.3 Å².